The number of ether oxygens (including phenoxy) is 1. The Balaban J connectivity index is 2.11. The first-order valence-corrected chi connectivity index (χ1v) is 5.70. The monoisotopic (exact) mass is 225 g/mol. The normalized spacial score (nSPS) is 9.94. The fourth-order valence-corrected chi connectivity index (χ4v) is 1.55. The summed E-state index contributed by atoms with van der Waals surface area (Å²) in [6, 6.07) is 17.3. The molecule has 86 valence electrons. The highest BCUT2D eigenvalue weighted by atomic mass is 16.5. The van der Waals surface area contributed by atoms with Crippen LogP contribution in [0, 0.1) is 5.41 Å². The SMILES string of the molecule is CCC(=N)c1ccc(Oc2ccccc2)cc1. The standard InChI is InChI=1S/C15H15NO/c1-2-15(16)12-8-10-14(11-9-12)17-13-6-4-3-5-7-13/h3-11,16H,2H2,1H3. The van der Waals surface area contributed by atoms with Crippen molar-refractivity contribution < 1.29 is 4.74 Å². The molecule has 0 fully saturated rings. The van der Waals surface area contributed by atoms with Crippen LogP contribution < -0.4 is 4.74 Å². The molecule has 2 aromatic rings. The third kappa shape index (κ3) is 2.94. The summed E-state index contributed by atoms with van der Waals surface area (Å²) in [6.07, 6.45) is 0.749. The Morgan fingerprint density at radius 1 is 0.941 bits per heavy atom. The van der Waals surface area contributed by atoms with Crippen molar-refractivity contribution in [1.82, 2.24) is 0 Å². The predicted molar refractivity (Wildman–Crippen MR) is 70.1 cm³/mol. The molecule has 0 saturated heterocycles. The van der Waals surface area contributed by atoms with E-state index >= 15 is 0 Å². The van der Waals surface area contributed by atoms with Crippen molar-refractivity contribution in [2.24, 2.45) is 0 Å². The van der Waals surface area contributed by atoms with Crippen LogP contribution in [0.25, 0.3) is 0 Å². The number of hydrogen-bond donors (Lipinski definition) is 1. The van der Waals surface area contributed by atoms with Crippen LogP contribution in [-0.4, -0.2) is 5.71 Å². The summed E-state index contributed by atoms with van der Waals surface area (Å²) in [5.41, 5.74) is 1.60. The van der Waals surface area contributed by atoms with E-state index in [1.165, 1.54) is 0 Å². The molecule has 0 aromatic heterocycles. The summed E-state index contributed by atoms with van der Waals surface area (Å²) in [5.74, 6) is 1.62. The van der Waals surface area contributed by atoms with Gasteiger partial charge in [0.05, 0.1) is 0 Å². The van der Waals surface area contributed by atoms with Gasteiger partial charge >= 0.3 is 0 Å². The summed E-state index contributed by atoms with van der Waals surface area (Å²) < 4.78 is 5.68. The second-order valence-electron chi connectivity index (χ2n) is 3.77. The number of rotatable bonds is 4. The lowest BCUT2D eigenvalue weighted by Gasteiger charge is -2.06. The van der Waals surface area contributed by atoms with Gasteiger partial charge in [0.25, 0.3) is 0 Å². The van der Waals surface area contributed by atoms with Crippen LogP contribution in [0.3, 0.4) is 0 Å². The number of hydrogen-bond acceptors (Lipinski definition) is 2. The zero-order valence-electron chi connectivity index (χ0n) is 9.81. The van der Waals surface area contributed by atoms with Gasteiger partial charge in [-0.05, 0) is 48.4 Å². The number of para-hydroxylation sites is 1. The van der Waals surface area contributed by atoms with E-state index in [0.717, 1.165) is 23.5 Å². The molecular formula is C15H15NO. The van der Waals surface area contributed by atoms with Crippen LogP contribution in [0.15, 0.2) is 54.6 Å². The quantitative estimate of drug-likeness (QED) is 0.775. The van der Waals surface area contributed by atoms with Gasteiger partial charge in [0, 0.05) is 5.71 Å². The largest absolute Gasteiger partial charge is 0.457 e. The second kappa shape index (κ2) is 5.30. The van der Waals surface area contributed by atoms with Crippen LogP contribution in [0.5, 0.6) is 11.5 Å². The third-order valence-electron chi connectivity index (χ3n) is 2.54. The zero-order valence-corrected chi connectivity index (χ0v) is 9.81. The lowest BCUT2D eigenvalue weighted by Crippen LogP contribution is -1.95. The molecule has 0 aliphatic rings. The lowest BCUT2D eigenvalue weighted by atomic mass is 10.1. The Bertz CT molecular complexity index is 488. The molecule has 0 unspecified atom stereocenters. The van der Waals surface area contributed by atoms with E-state index in [4.69, 9.17) is 10.1 Å². The molecule has 0 saturated carbocycles. The van der Waals surface area contributed by atoms with Gasteiger partial charge in [-0.25, -0.2) is 0 Å². The lowest BCUT2D eigenvalue weighted by molar-refractivity contribution is 0.482. The van der Waals surface area contributed by atoms with E-state index in [-0.39, 0.29) is 0 Å². The maximum absolute atomic E-state index is 7.73. The van der Waals surface area contributed by atoms with Crippen LogP contribution in [0.2, 0.25) is 0 Å². The molecule has 0 aliphatic heterocycles. The zero-order chi connectivity index (χ0) is 12.1. The first-order chi connectivity index (χ1) is 8.29. The molecule has 0 bridgehead atoms. The minimum Gasteiger partial charge on any atom is -0.457 e. The van der Waals surface area contributed by atoms with Gasteiger partial charge < -0.3 is 10.1 Å². The predicted octanol–water partition coefficient (Wildman–Crippen LogP) is 4.26. The molecule has 0 atom stereocenters. The molecule has 0 radical (unpaired) electrons. The molecule has 17 heavy (non-hydrogen) atoms. The van der Waals surface area contributed by atoms with Gasteiger partial charge in [0.15, 0.2) is 0 Å². The smallest absolute Gasteiger partial charge is 0.127 e. The molecule has 2 nitrogen and oxygen atoms in total. The average molecular weight is 225 g/mol. The van der Waals surface area contributed by atoms with E-state index in [1.54, 1.807) is 0 Å². The average Bonchev–Trinajstić information content (AvgIpc) is 2.40. The second-order valence-corrected chi connectivity index (χ2v) is 3.77. The first kappa shape index (κ1) is 11.4. The van der Waals surface area contributed by atoms with Gasteiger partial charge in [-0.15, -0.1) is 0 Å². The maximum atomic E-state index is 7.73. The van der Waals surface area contributed by atoms with Gasteiger partial charge in [-0.2, -0.15) is 0 Å². The van der Waals surface area contributed by atoms with Crippen molar-refractivity contribution in [3.05, 3.63) is 60.2 Å². The van der Waals surface area contributed by atoms with Crippen molar-refractivity contribution in [3.63, 3.8) is 0 Å². The van der Waals surface area contributed by atoms with Gasteiger partial charge in [0.1, 0.15) is 11.5 Å². The molecule has 0 amide bonds. The number of benzene rings is 2. The van der Waals surface area contributed by atoms with Crippen molar-refractivity contribution in [2.45, 2.75) is 13.3 Å². The molecule has 0 heterocycles. The van der Waals surface area contributed by atoms with E-state index in [2.05, 4.69) is 0 Å². The summed E-state index contributed by atoms with van der Waals surface area (Å²) in [5, 5.41) is 7.73. The van der Waals surface area contributed by atoms with Gasteiger partial charge in [-0.3, -0.25) is 0 Å². The van der Waals surface area contributed by atoms with Crippen LogP contribution in [0.1, 0.15) is 18.9 Å². The maximum Gasteiger partial charge on any atom is 0.127 e. The molecule has 2 aromatic carbocycles. The molecule has 1 N–H and O–H groups in total. The summed E-state index contributed by atoms with van der Waals surface area (Å²) in [4.78, 5) is 0. The van der Waals surface area contributed by atoms with E-state index in [9.17, 15) is 0 Å². The summed E-state index contributed by atoms with van der Waals surface area (Å²) in [7, 11) is 0. The minimum absolute atomic E-state index is 0.649. The molecular weight excluding hydrogens is 210 g/mol. The highest BCUT2D eigenvalue weighted by Gasteiger charge is 2.00. The van der Waals surface area contributed by atoms with Crippen molar-refractivity contribution >= 4 is 5.71 Å². The Morgan fingerprint density at radius 2 is 1.53 bits per heavy atom. The summed E-state index contributed by atoms with van der Waals surface area (Å²) >= 11 is 0. The first-order valence-electron chi connectivity index (χ1n) is 5.70. The Morgan fingerprint density at radius 3 is 2.12 bits per heavy atom. The van der Waals surface area contributed by atoms with Crippen LogP contribution >= 0.6 is 0 Å². The highest BCUT2D eigenvalue weighted by Crippen LogP contribution is 2.21. The van der Waals surface area contributed by atoms with E-state index in [1.807, 2.05) is 61.5 Å². The Hall–Kier alpha value is -2.09. The molecule has 0 aliphatic carbocycles. The molecule has 0 spiro atoms. The summed E-state index contributed by atoms with van der Waals surface area (Å²) in [6.45, 7) is 1.98. The highest BCUT2D eigenvalue weighted by molar-refractivity contribution is 5.98. The van der Waals surface area contributed by atoms with E-state index in [0.29, 0.717) is 5.71 Å². The van der Waals surface area contributed by atoms with Crippen LogP contribution in [0.4, 0.5) is 0 Å². The van der Waals surface area contributed by atoms with Gasteiger partial charge in [-0.1, -0.05) is 25.1 Å². The van der Waals surface area contributed by atoms with Crippen molar-refractivity contribution in [3.8, 4) is 11.5 Å². The van der Waals surface area contributed by atoms with Crippen LogP contribution in [-0.2, 0) is 0 Å². The van der Waals surface area contributed by atoms with Gasteiger partial charge in [0.2, 0.25) is 0 Å². The fourth-order valence-electron chi connectivity index (χ4n) is 1.55. The third-order valence-corrected chi connectivity index (χ3v) is 2.54. The minimum atomic E-state index is 0.649. The van der Waals surface area contributed by atoms with E-state index < -0.39 is 0 Å². The molecule has 2 heteroatoms. The topological polar surface area (TPSA) is 33.1 Å². The fraction of sp³-hybridized carbons (Fsp3) is 0.133. The Kier molecular flexibility index (Phi) is 3.55. The molecule has 2 rings (SSSR count). The van der Waals surface area contributed by atoms with Crippen molar-refractivity contribution in [1.29, 1.82) is 5.41 Å². The van der Waals surface area contributed by atoms with Crippen molar-refractivity contribution in [2.75, 3.05) is 0 Å². The number of nitrogens with one attached hydrogen (secondary N) is 1. The Labute approximate surface area is 101 Å².